The van der Waals surface area contributed by atoms with Gasteiger partial charge in [0.05, 0.1) is 15.7 Å². The van der Waals surface area contributed by atoms with Crippen molar-refractivity contribution in [1.82, 2.24) is 24.9 Å². The third kappa shape index (κ3) is 3.23. The largest absolute Gasteiger partial charge is 0.345 e. The predicted octanol–water partition coefficient (Wildman–Crippen LogP) is 3.01. The van der Waals surface area contributed by atoms with Crippen LogP contribution in [-0.2, 0) is 11.3 Å². The van der Waals surface area contributed by atoms with Gasteiger partial charge in [-0.25, -0.2) is 9.67 Å². The van der Waals surface area contributed by atoms with E-state index in [1.807, 2.05) is 29.2 Å². The number of rotatable bonds is 3. The molecule has 0 spiro atoms. The summed E-state index contributed by atoms with van der Waals surface area (Å²) in [5.74, 6) is 0.0799. The summed E-state index contributed by atoms with van der Waals surface area (Å²) >= 11 is 1.75. The number of carbonyl (C=O) groups is 1. The van der Waals surface area contributed by atoms with E-state index in [2.05, 4.69) is 41.2 Å². The lowest BCUT2D eigenvalue weighted by atomic mass is 10.1. The van der Waals surface area contributed by atoms with E-state index < -0.39 is 0 Å². The van der Waals surface area contributed by atoms with Crippen LogP contribution < -0.4 is 4.90 Å². The van der Waals surface area contributed by atoms with Crippen LogP contribution in [0.5, 0.6) is 0 Å². The first-order chi connectivity index (χ1) is 14.1. The maximum atomic E-state index is 12.8. The molecule has 29 heavy (non-hydrogen) atoms. The van der Waals surface area contributed by atoms with E-state index >= 15 is 0 Å². The standard InChI is InChI=1S/C21H22N6OS/c1-14-7-8-15(2)20-19(14)22-21(29-20)26-11-9-25(10-12-26)18(28)13-27-17-6-4-3-5-16(17)23-24-27/h3-8H,9-13H2,1-2H3. The Kier molecular flexibility index (Phi) is 4.43. The van der Waals surface area contributed by atoms with Crippen molar-refractivity contribution in [3.63, 3.8) is 0 Å². The average Bonchev–Trinajstić information content (AvgIpc) is 3.37. The molecule has 0 radical (unpaired) electrons. The van der Waals surface area contributed by atoms with E-state index in [0.29, 0.717) is 13.1 Å². The molecule has 0 saturated carbocycles. The lowest BCUT2D eigenvalue weighted by Gasteiger charge is -2.34. The molecule has 148 valence electrons. The zero-order valence-corrected chi connectivity index (χ0v) is 17.3. The van der Waals surface area contributed by atoms with Gasteiger partial charge in [-0.2, -0.15) is 0 Å². The first-order valence-electron chi connectivity index (χ1n) is 9.78. The van der Waals surface area contributed by atoms with Crippen LogP contribution in [0.4, 0.5) is 5.13 Å². The zero-order chi connectivity index (χ0) is 20.0. The second kappa shape index (κ2) is 7.11. The molecule has 0 aliphatic carbocycles. The molecule has 0 atom stereocenters. The van der Waals surface area contributed by atoms with Gasteiger partial charge in [0.15, 0.2) is 5.13 Å². The van der Waals surface area contributed by atoms with Crippen LogP contribution in [0.25, 0.3) is 21.3 Å². The van der Waals surface area contributed by atoms with Crippen molar-refractivity contribution in [2.24, 2.45) is 0 Å². The third-order valence-electron chi connectivity index (χ3n) is 5.54. The normalized spacial score (nSPS) is 14.8. The number of piperazine rings is 1. The van der Waals surface area contributed by atoms with Gasteiger partial charge in [0.2, 0.25) is 5.91 Å². The van der Waals surface area contributed by atoms with Crippen molar-refractivity contribution >= 4 is 43.6 Å². The smallest absolute Gasteiger partial charge is 0.244 e. The van der Waals surface area contributed by atoms with E-state index in [1.165, 1.54) is 15.8 Å². The molecule has 0 unspecified atom stereocenters. The van der Waals surface area contributed by atoms with Crippen molar-refractivity contribution in [2.75, 3.05) is 31.1 Å². The summed E-state index contributed by atoms with van der Waals surface area (Å²) < 4.78 is 2.94. The molecule has 1 aliphatic heterocycles. The van der Waals surface area contributed by atoms with E-state index in [0.717, 1.165) is 34.8 Å². The van der Waals surface area contributed by atoms with Crippen LogP contribution >= 0.6 is 11.3 Å². The van der Waals surface area contributed by atoms with Gasteiger partial charge in [0, 0.05) is 26.2 Å². The topological polar surface area (TPSA) is 67.2 Å². The lowest BCUT2D eigenvalue weighted by Crippen LogP contribution is -2.49. The molecule has 7 nitrogen and oxygen atoms in total. The van der Waals surface area contributed by atoms with Crippen molar-refractivity contribution in [1.29, 1.82) is 0 Å². The molecular formula is C21H22N6OS. The monoisotopic (exact) mass is 406 g/mol. The number of aryl methyl sites for hydroxylation is 2. The van der Waals surface area contributed by atoms with E-state index in [4.69, 9.17) is 4.98 Å². The fourth-order valence-electron chi connectivity index (χ4n) is 3.79. The number of hydrogen-bond donors (Lipinski definition) is 0. The second-order valence-corrected chi connectivity index (χ2v) is 8.45. The highest BCUT2D eigenvalue weighted by molar-refractivity contribution is 7.22. The molecule has 0 N–H and O–H groups in total. The van der Waals surface area contributed by atoms with Gasteiger partial charge >= 0.3 is 0 Å². The average molecular weight is 407 g/mol. The molecule has 1 aliphatic rings. The van der Waals surface area contributed by atoms with Crippen LogP contribution in [0.3, 0.4) is 0 Å². The van der Waals surface area contributed by atoms with Crippen molar-refractivity contribution < 1.29 is 4.79 Å². The molecule has 5 rings (SSSR count). The van der Waals surface area contributed by atoms with Gasteiger partial charge in [0.1, 0.15) is 12.1 Å². The summed E-state index contributed by atoms with van der Waals surface area (Å²) in [4.78, 5) is 21.9. The summed E-state index contributed by atoms with van der Waals surface area (Å²) in [7, 11) is 0. The van der Waals surface area contributed by atoms with Crippen LogP contribution in [0.1, 0.15) is 11.1 Å². The number of carbonyl (C=O) groups excluding carboxylic acids is 1. The number of thiazole rings is 1. The molecular weight excluding hydrogens is 384 g/mol. The molecule has 4 aromatic rings. The number of amides is 1. The van der Waals surface area contributed by atoms with Crippen molar-refractivity contribution in [2.45, 2.75) is 20.4 Å². The SMILES string of the molecule is Cc1ccc(C)c2sc(N3CCN(C(=O)Cn4nnc5ccccc54)CC3)nc12. The quantitative estimate of drug-likeness (QED) is 0.523. The molecule has 1 fully saturated rings. The van der Waals surface area contributed by atoms with Crippen LogP contribution in [0.15, 0.2) is 36.4 Å². The molecule has 3 heterocycles. The first kappa shape index (κ1) is 18.1. The van der Waals surface area contributed by atoms with E-state index in [-0.39, 0.29) is 12.5 Å². The minimum absolute atomic E-state index is 0.0799. The Morgan fingerprint density at radius 3 is 2.59 bits per heavy atom. The van der Waals surface area contributed by atoms with Gasteiger partial charge in [-0.3, -0.25) is 4.79 Å². The Labute approximate surface area is 172 Å². The number of fused-ring (bicyclic) bond motifs is 2. The molecule has 2 aromatic heterocycles. The van der Waals surface area contributed by atoms with Crippen molar-refractivity contribution in [3.8, 4) is 0 Å². The summed E-state index contributed by atoms with van der Waals surface area (Å²) in [6.07, 6.45) is 0. The number of aromatic nitrogens is 4. The first-order valence-corrected chi connectivity index (χ1v) is 10.6. The van der Waals surface area contributed by atoms with E-state index in [9.17, 15) is 4.79 Å². The highest BCUT2D eigenvalue weighted by atomic mass is 32.1. The fourth-order valence-corrected chi connectivity index (χ4v) is 4.96. The Morgan fingerprint density at radius 2 is 1.79 bits per heavy atom. The van der Waals surface area contributed by atoms with Gasteiger partial charge in [-0.1, -0.05) is 40.8 Å². The number of para-hydroxylation sites is 1. The van der Waals surface area contributed by atoms with Gasteiger partial charge in [-0.15, -0.1) is 5.10 Å². The molecule has 1 saturated heterocycles. The Bertz CT molecular complexity index is 1170. The maximum Gasteiger partial charge on any atom is 0.244 e. The molecule has 2 aromatic carbocycles. The fraction of sp³-hybridized carbons (Fsp3) is 0.333. The Morgan fingerprint density at radius 1 is 1.03 bits per heavy atom. The molecule has 1 amide bonds. The molecule has 8 heteroatoms. The summed E-state index contributed by atoms with van der Waals surface area (Å²) in [5.41, 5.74) is 5.28. The van der Waals surface area contributed by atoms with Crippen LogP contribution in [0.2, 0.25) is 0 Å². The van der Waals surface area contributed by atoms with Crippen molar-refractivity contribution in [3.05, 3.63) is 47.5 Å². The van der Waals surface area contributed by atoms with Gasteiger partial charge < -0.3 is 9.80 Å². The summed E-state index contributed by atoms with van der Waals surface area (Å²) in [6, 6.07) is 12.0. The minimum Gasteiger partial charge on any atom is -0.345 e. The number of nitrogens with zero attached hydrogens (tertiary/aromatic N) is 6. The zero-order valence-electron chi connectivity index (χ0n) is 16.5. The Hall–Kier alpha value is -3.00. The van der Waals surface area contributed by atoms with Crippen LogP contribution in [-0.4, -0.2) is 57.0 Å². The lowest BCUT2D eigenvalue weighted by molar-refractivity contribution is -0.132. The van der Waals surface area contributed by atoms with Gasteiger partial charge in [0.25, 0.3) is 0 Å². The highest BCUT2D eigenvalue weighted by Crippen LogP contribution is 2.33. The number of anilines is 1. The second-order valence-electron chi connectivity index (χ2n) is 7.48. The number of benzene rings is 2. The number of hydrogen-bond acceptors (Lipinski definition) is 6. The third-order valence-corrected chi connectivity index (χ3v) is 6.79. The summed E-state index contributed by atoms with van der Waals surface area (Å²) in [6.45, 7) is 7.44. The van der Waals surface area contributed by atoms with Crippen LogP contribution in [0, 0.1) is 13.8 Å². The van der Waals surface area contributed by atoms with E-state index in [1.54, 1.807) is 16.0 Å². The minimum atomic E-state index is 0.0799. The molecule has 0 bridgehead atoms. The maximum absolute atomic E-state index is 12.8. The van der Waals surface area contributed by atoms with Gasteiger partial charge in [-0.05, 0) is 37.1 Å². The highest BCUT2D eigenvalue weighted by Gasteiger charge is 2.24. The Balaban J connectivity index is 1.27. The summed E-state index contributed by atoms with van der Waals surface area (Å²) in [5, 5.41) is 9.31. The predicted molar refractivity (Wildman–Crippen MR) is 115 cm³/mol.